The van der Waals surface area contributed by atoms with Crippen LogP contribution in [-0.4, -0.2) is 43.4 Å². The van der Waals surface area contributed by atoms with Gasteiger partial charge in [0.1, 0.15) is 12.1 Å². The van der Waals surface area contributed by atoms with E-state index in [1.165, 1.54) is 0 Å². The summed E-state index contributed by atoms with van der Waals surface area (Å²) in [6.07, 6.45) is 10.7. The molecule has 1 fully saturated rings. The van der Waals surface area contributed by atoms with Gasteiger partial charge in [-0.15, -0.1) is 11.3 Å². The first-order chi connectivity index (χ1) is 11.8. The number of rotatable bonds is 4. The molecule has 7 heteroatoms. The third kappa shape index (κ3) is 3.07. The van der Waals surface area contributed by atoms with Gasteiger partial charge in [-0.3, -0.25) is 9.36 Å². The summed E-state index contributed by atoms with van der Waals surface area (Å²) < 4.78 is 1.80. The van der Waals surface area contributed by atoms with Crippen LogP contribution in [-0.2, 0) is 6.42 Å². The standard InChI is InChI=1S/C17H17N5OS/c23-17(14-1-3-19-15(10-14)22-7-4-18-12-22)21-6-2-13(11-21)9-16-20-5-8-24-16/h1,3-5,7-8,10,12-13H,2,6,9,11H2. The number of imidazole rings is 1. The lowest BCUT2D eigenvalue weighted by Crippen LogP contribution is -2.29. The highest BCUT2D eigenvalue weighted by molar-refractivity contribution is 7.09. The minimum Gasteiger partial charge on any atom is -0.338 e. The van der Waals surface area contributed by atoms with Gasteiger partial charge in [0.25, 0.3) is 5.91 Å². The topological polar surface area (TPSA) is 63.9 Å². The van der Waals surface area contributed by atoms with Crippen molar-refractivity contribution in [3.05, 3.63) is 59.2 Å². The highest BCUT2D eigenvalue weighted by Gasteiger charge is 2.27. The van der Waals surface area contributed by atoms with Crippen LogP contribution in [0.15, 0.2) is 48.6 Å². The zero-order valence-corrected chi connectivity index (χ0v) is 13.9. The smallest absolute Gasteiger partial charge is 0.254 e. The molecule has 0 radical (unpaired) electrons. The molecule has 3 aromatic heterocycles. The van der Waals surface area contributed by atoms with E-state index in [4.69, 9.17) is 0 Å². The van der Waals surface area contributed by atoms with E-state index in [2.05, 4.69) is 15.0 Å². The Morgan fingerprint density at radius 3 is 3.04 bits per heavy atom. The SMILES string of the molecule is O=C(c1ccnc(-n2ccnc2)c1)N1CCC(Cc2nccs2)C1. The number of hydrogen-bond acceptors (Lipinski definition) is 5. The van der Waals surface area contributed by atoms with Crippen LogP contribution in [0, 0.1) is 5.92 Å². The highest BCUT2D eigenvalue weighted by Crippen LogP contribution is 2.23. The highest BCUT2D eigenvalue weighted by atomic mass is 32.1. The van der Waals surface area contributed by atoms with Crippen molar-refractivity contribution < 1.29 is 4.79 Å². The average Bonchev–Trinajstić information content (AvgIpc) is 3.37. The van der Waals surface area contributed by atoms with Gasteiger partial charge in [0.2, 0.25) is 0 Å². The lowest BCUT2D eigenvalue weighted by atomic mass is 10.1. The van der Waals surface area contributed by atoms with Crippen molar-refractivity contribution in [2.45, 2.75) is 12.8 Å². The molecule has 0 saturated carbocycles. The predicted molar refractivity (Wildman–Crippen MR) is 91.2 cm³/mol. The molecule has 0 aromatic carbocycles. The van der Waals surface area contributed by atoms with Crippen molar-refractivity contribution in [3.8, 4) is 5.82 Å². The Morgan fingerprint density at radius 2 is 2.25 bits per heavy atom. The molecular formula is C17H17N5OS. The molecule has 4 rings (SSSR count). The summed E-state index contributed by atoms with van der Waals surface area (Å²) in [6.45, 7) is 1.60. The van der Waals surface area contributed by atoms with Crippen LogP contribution in [0.5, 0.6) is 0 Å². The van der Waals surface area contributed by atoms with Crippen molar-refractivity contribution in [3.63, 3.8) is 0 Å². The van der Waals surface area contributed by atoms with Gasteiger partial charge in [0.15, 0.2) is 0 Å². The van der Waals surface area contributed by atoms with Gasteiger partial charge in [-0.2, -0.15) is 0 Å². The maximum absolute atomic E-state index is 12.8. The minimum absolute atomic E-state index is 0.0698. The van der Waals surface area contributed by atoms with Crippen molar-refractivity contribution in [2.24, 2.45) is 5.92 Å². The van der Waals surface area contributed by atoms with Crippen LogP contribution in [0.3, 0.4) is 0 Å². The van der Waals surface area contributed by atoms with Crippen molar-refractivity contribution in [1.82, 2.24) is 24.4 Å². The third-order valence-electron chi connectivity index (χ3n) is 4.28. The second kappa shape index (κ2) is 6.52. The number of pyridine rings is 1. The van der Waals surface area contributed by atoms with Crippen molar-refractivity contribution in [1.29, 1.82) is 0 Å². The second-order valence-corrected chi connectivity index (χ2v) is 6.89. The van der Waals surface area contributed by atoms with E-state index < -0.39 is 0 Å². The number of nitrogens with zero attached hydrogens (tertiary/aromatic N) is 5. The van der Waals surface area contributed by atoms with E-state index in [9.17, 15) is 4.79 Å². The summed E-state index contributed by atoms with van der Waals surface area (Å²) in [4.78, 5) is 27.4. The molecule has 1 atom stereocenters. The second-order valence-electron chi connectivity index (χ2n) is 5.91. The molecule has 1 saturated heterocycles. The lowest BCUT2D eigenvalue weighted by molar-refractivity contribution is 0.0787. The first kappa shape index (κ1) is 15.0. The number of likely N-dealkylation sites (tertiary alicyclic amines) is 1. The van der Waals surface area contributed by atoms with E-state index in [0.717, 1.165) is 30.9 Å². The van der Waals surface area contributed by atoms with Gasteiger partial charge in [-0.1, -0.05) is 0 Å². The summed E-state index contributed by atoms with van der Waals surface area (Å²) in [7, 11) is 0. The number of carbonyl (C=O) groups is 1. The molecule has 0 N–H and O–H groups in total. The molecule has 24 heavy (non-hydrogen) atoms. The van der Waals surface area contributed by atoms with E-state index >= 15 is 0 Å². The van der Waals surface area contributed by atoms with Crippen LogP contribution >= 0.6 is 11.3 Å². The largest absolute Gasteiger partial charge is 0.338 e. The van der Waals surface area contributed by atoms with Crippen LogP contribution in [0.1, 0.15) is 21.8 Å². The summed E-state index contributed by atoms with van der Waals surface area (Å²) in [5.74, 6) is 1.27. The maximum Gasteiger partial charge on any atom is 0.254 e. The Bertz CT molecular complexity index is 815. The number of hydrogen-bond donors (Lipinski definition) is 0. The van der Waals surface area contributed by atoms with Gasteiger partial charge < -0.3 is 4.90 Å². The average molecular weight is 339 g/mol. The van der Waals surface area contributed by atoms with Gasteiger partial charge in [-0.05, 0) is 24.5 Å². The summed E-state index contributed by atoms with van der Waals surface area (Å²) in [6, 6.07) is 3.59. The molecule has 1 unspecified atom stereocenters. The Labute approximate surface area is 143 Å². The normalized spacial score (nSPS) is 17.3. The predicted octanol–water partition coefficient (Wildman–Crippen LogP) is 2.43. The summed E-state index contributed by atoms with van der Waals surface area (Å²) >= 11 is 1.68. The summed E-state index contributed by atoms with van der Waals surface area (Å²) in [5, 5.41) is 3.16. The molecule has 4 heterocycles. The van der Waals surface area contributed by atoms with Crippen LogP contribution in [0.2, 0.25) is 0 Å². The molecule has 1 aliphatic heterocycles. The van der Waals surface area contributed by atoms with Crippen LogP contribution in [0.4, 0.5) is 0 Å². The molecule has 122 valence electrons. The molecule has 1 amide bonds. The van der Waals surface area contributed by atoms with Gasteiger partial charge in [0, 0.05) is 55.2 Å². The fourth-order valence-electron chi connectivity index (χ4n) is 3.05. The first-order valence-electron chi connectivity index (χ1n) is 7.91. The molecular weight excluding hydrogens is 322 g/mol. The van der Waals surface area contributed by atoms with Gasteiger partial charge in [-0.25, -0.2) is 15.0 Å². The Morgan fingerprint density at radius 1 is 1.29 bits per heavy atom. The van der Waals surface area contributed by atoms with Crippen LogP contribution < -0.4 is 0 Å². The molecule has 6 nitrogen and oxygen atoms in total. The zero-order valence-electron chi connectivity index (χ0n) is 13.1. The Hall–Kier alpha value is -2.54. The zero-order chi connectivity index (χ0) is 16.4. The van der Waals surface area contributed by atoms with Crippen molar-refractivity contribution in [2.75, 3.05) is 13.1 Å². The third-order valence-corrected chi connectivity index (χ3v) is 5.08. The monoisotopic (exact) mass is 339 g/mol. The Kier molecular flexibility index (Phi) is 4.08. The number of thiazole rings is 1. The Balaban J connectivity index is 1.45. The molecule has 1 aliphatic rings. The van der Waals surface area contributed by atoms with Gasteiger partial charge in [0.05, 0.1) is 5.01 Å². The van der Waals surface area contributed by atoms with Gasteiger partial charge >= 0.3 is 0 Å². The summed E-state index contributed by atoms with van der Waals surface area (Å²) in [5.41, 5.74) is 0.670. The fraction of sp³-hybridized carbons (Fsp3) is 0.294. The number of carbonyl (C=O) groups excluding carboxylic acids is 1. The molecule has 3 aromatic rings. The molecule has 0 spiro atoms. The van der Waals surface area contributed by atoms with Crippen LogP contribution in [0.25, 0.3) is 5.82 Å². The minimum atomic E-state index is 0.0698. The van der Waals surface area contributed by atoms with E-state index in [0.29, 0.717) is 17.3 Å². The lowest BCUT2D eigenvalue weighted by Gasteiger charge is -2.16. The number of aromatic nitrogens is 4. The quantitative estimate of drug-likeness (QED) is 0.732. The van der Waals surface area contributed by atoms with E-state index in [1.54, 1.807) is 40.7 Å². The molecule has 0 aliphatic carbocycles. The van der Waals surface area contributed by atoms with Crippen molar-refractivity contribution >= 4 is 17.2 Å². The molecule has 0 bridgehead atoms. The number of amides is 1. The fourth-order valence-corrected chi connectivity index (χ4v) is 3.79. The van der Waals surface area contributed by atoms with E-state index in [-0.39, 0.29) is 5.91 Å². The van der Waals surface area contributed by atoms with E-state index in [1.807, 2.05) is 28.7 Å². The first-order valence-corrected chi connectivity index (χ1v) is 8.79. The maximum atomic E-state index is 12.8.